The predicted octanol–water partition coefficient (Wildman–Crippen LogP) is 5.97. The highest BCUT2D eigenvalue weighted by Gasteiger charge is 2.46. The van der Waals surface area contributed by atoms with Gasteiger partial charge < -0.3 is 4.74 Å². The number of rotatable bonds is 5. The van der Waals surface area contributed by atoms with Crippen LogP contribution in [-0.4, -0.2) is 6.61 Å². The highest BCUT2D eigenvalue weighted by Crippen LogP contribution is 2.57. The molecule has 1 aromatic rings. The normalized spacial score (nSPS) is 29.0. The average Bonchev–Trinajstić information content (AvgIpc) is 2.63. The Morgan fingerprint density at radius 3 is 2.17 bits per heavy atom. The largest absolute Gasteiger partial charge is 0.494 e. The molecule has 2 bridgehead atoms. The van der Waals surface area contributed by atoms with Crippen molar-refractivity contribution >= 4 is 0 Å². The predicted molar refractivity (Wildman–Crippen MR) is 96.6 cm³/mol. The van der Waals surface area contributed by atoms with Crippen molar-refractivity contribution in [3.8, 4) is 17.6 Å². The first-order chi connectivity index (χ1) is 11.2. The molecule has 0 saturated heterocycles. The first-order valence-electron chi connectivity index (χ1n) is 9.45. The smallest absolute Gasteiger partial charge is 0.119 e. The maximum Gasteiger partial charge on any atom is 0.119 e. The first-order valence-corrected chi connectivity index (χ1v) is 9.45. The van der Waals surface area contributed by atoms with Crippen LogP contribution in [0.15, 0.2) is 24.3 Å². The van der Waals surface area contributed by atoms with Crippen LogP contribution in [0.4, 0.5) is 0 Å². The Labute approximate surface area is 141 Å². The zero-order valence-corrected chi connectivity index (χ0v) is 14.8. The molecule has 1 aromatic carbocycles. The Morgan fingerprint density at radius 2 is 1.61 bits per heavy atom. The van der Waals surface area contributed by atoms with E-state index in [0.29, 0.717) is 10.8 Å². The Kier molecular flexibility index (Phi) is 5.00. The van der Waals surface area contributed by atoms with E-state index in [1.54, 1.807) is 0 Å². The second-order valence-electron chi connectivity index (χ2n) is 7.61. The molecule has 3 aliphatic rings. The van der Waals surface area contributed by atoms with Crippen molar-refractivity contribution in [1.82, 2.24) is 0 Å². The fraction of sp³-hybridized carbons (Fsp3) is 0.636. The molecular formula is C22H30O. The summed E-state index contributed by atoms with van der Waals surface area (Å²) in [6.07, 6.45) is 11.8. The van der Waals surface area contributed by atoms with Gasteiger partial charge in [0, 0.05) is 11.0 Å². The minimum absolute atomic E-state index is 0.313. The van der Waals surface area contributed by atoms with E-state index in [1.165, 1.54) is 51.4 Å². The molecule has 0 radical (unpaired) electrons. The number of hydrogen-bond donors (Lipinski definition) is 0. The van der Waals surface area contributed by atoms with E-state index in [0.717, 1.165) is 24.3 Å². The summed E-state index contributed by atoms with van der Waals surface area (Å²) in [5.41, 5.74) is 2.11. The quantitative estimate of drug-likeness (QED) is 0.481. The van der Waals surface area contributed by atoms with Gasteiger partial charge >= 0.3 is 0 Å². The molecule has 1 nitrogen and oxygen atoms in total. The van der Waals surface area contributed by atoms with Crippen LogP contribution in [0.25, 0.3) is 0 Å². The van der Waals surface area contributed by atoms with Gasteiger partial charge in [-0.25, -0.2) is 0 Å². The average molecular weight is 310 g/mol. The van der Waals surface area contributed by atoms with Crippen LogP contribution in [0.2, 0.25) is 0 Å². The summed E-state index contributed by atoms with van der Waals surface area (Å²) in [6, 6.07) is 8.32. The van der Waals surface area contributed by atoms with Gasteiger partial charge in [0.2, 0.25) is 0 Å². The van der Waals surface area contributed by atoms with Crippen molar-refractivity contribution in [2.24, 2.45) is 10.8 Å². The van der Waals surface area contributed by atoms with Crippen LogP contribution in [0.3, 0.4) is 0 Å². The summed E-state index contributed by atoms with van der Waals surface area (Å²) in [7, 11) is 0. The Hall–Kier alpha value is -1.42. The van der Waals surface area contributed by atoms with E-state index in [2.05, 4.69) is 50.0 Å². The van der Waals surface area contributed by atoms with Gasteiger partial charge in [0.05, 0.1) is 6.61 Å². The summed E-state index contributed by atoms with van der Waals surface area (Å²) < 4.78 is 5.72. The van der Waals surface area contributed by atoms with E-state index in [4.69, 9.17) is 4.74 Å². The summed E-state index contributed by atoms with van der Waals surface area (Å²) in [6.45, 7) is 5.36. The molecular weight excluding hydrogens is 280 g/mol. The lowest BCUT2D eigenvalue weighted by molar-refractivity contribution is 0.0243. The third kappa shape index (κ3) is 3.74. The van der Waals surface area contributed by atoms with Crippen LogP contribution in [0.1, 0.15) is 77.2 Å². The molecule has 3 fully saturated rings. The van der Waals surface area contributed by atoms with Crippen LogP contribution < -0.4 is 4.74 Å². The van der Waals surface area contributed by atoms with E-state index < -0.39 is 0 Å². The molecule has 4 rings (SSSR count). The second-order valence-corrected chi connectivity index (χ2v) is 7.61. The lowest BCUT2D eigenvalue weighted by Crippen LogP contribution is -2.40. The number of unbranched alkanes of at least 4 members (excludes halogenated alkanes) is 1. The molecule has 23 heavy (non-hydrogen) atoms. The lowest BCUT2D eigenvalue weighted by Gasteiger charge is -2.51. The molecule has 0 heterocycles. The topological polar surface area (TPSA) is 9.23 Å². The Balaban J connectivity index is 1.61. The molecule has 0 N–H and O–H groups in total. The lowest BCUT2D eigenvalue weighted by atomic mass is 9.53. The molecule has 0 aliphatic heterocycles. The minimum atomic E-state index is 0.313. The van der Waals surface area contributed by atoms with Crippen molar-refractivity contribution in [2.75, 3.05) is 6.61 Å². The number of fused-ring (bicyclic) bond motifs is 3. The molecule has 0 unspecified atom stereocenters. The van der Waals surface area contributed by atoms with Crippen molar-refractivity contribution in [2.45, 2.75) is 71.6 Å². The number of ether oxygens (including phenoxy) is 1. The molecule has 1 heteroatoms. The summed E-state index contributed by atoms with van der Waals surface area (Å²) in [4.78, 5) is 0. The molecule has 3 aliphatic carbocycles. The molecule has 0 amide bonds. The van der Waals surface area contributed by atoms with Crippen molar-refractivity contribution < 1.29 is 4.74 Å². The summed E-state index contributed by atoms with van der Waals surface area (Å²) in [5, 5.41) is 0. The van der Waals surface area contributed by atoms with E-state index in [-0.39, 0.29) is 0 Å². The van der Waals surface area contributed by atoms with Crippen LogP contribution in [-0.2, 0) is 0 Å². The Bertz CT molecular complexity index is 548. The minimum Gasteiger partial charge on any atom is -0.494 e. The zero-order valence-electron chi connectivity index (χ0n) is 14.8. The molecule has 124 valence electrons. The van der Waals surface area contributed by atoms with Gasteiger partial charge in [0.25, 0.3) is 0 Å². The van der Waals surface area contributed by atoms with Gasteiger partial charge in [0.15, 0.2) is 0 Å². The van der Waals surface area contributed by atoms with Crippen LogP contribution >= 0.6 is 0 Å². The summed E-state index contributed by atoms with van der Waals surface area (Å²) in [5.74, 6) is 8.07. The van der Waals surface area contributed by atoms with Gasteiger partial charge in [-0.2, -0.15) is 0 Å². The van der Waals surface area contributed by atoms with Gasteiger partial charge in [-0.3, -0.25) is 0 Å². The zero-order chi connectivity index (χ0) is 16.2. The van der Waals surface area contributed by atoms with E-state index in [9.17, 15) is 0 Å². The van der Waals surface area contributed by atoms with Gasteiger partial charge in [-0.1, -0.05) is 38.5 Å². The molecule has 3 saturated carbocycles. The van der Waals surface area contributed by atoms with Crippen molar-refractivity contribution in [1.29, 1.82) is 0 Å². The summed E-state index contributed by atoms with van der Waals surface area (Å²) >= 11 is 0. The van der Waals surface area contributed by atoms with Gasteiger partial charge in [-0.15, -0.1) is 0 Å². The third-order valence-corrected chi connectivity index (χ3v) is 6.24. The number of benzene rings is 1. The van der Waals surface area contributed by atoms with E-state index in [1.807, 2.05) is 0 Å². The molecule has 0 atom stereocenters. The van der Waals surface area contributed by atoms with Gasteiger partial charge in [0.1, 0.15) is 5.75 Å². The fourth-order valence-corrected chi connectivity index (χ4v) is 4.15. The van der Waals surface area contributed by atoms with E-state index >= 15 is 0 Å². The molecule has 0 spiro atoms. The monoisotopic (exact) mass is 310 g/mol. The first kappa shape index (κ1) is 16.4. The van der Waals surface area contributed by atoms with Crippen LogP contribution in [0.5, 0.6) is 5.75 Å². The fourth-order valence-electron chi connectivity index (χ4n) is 4.15. The highest BCUT2D eigenvalue weighted by atomic mass is 16.5. The maximum absolute atomic E-state index is 5.72. The standard InChI is InChI=1S/C22H30O/c1-3-5-18-23-20-8-6-19(7-9-20)10-11-22-15-12-21(4-2,13-16-22)14-17-22/h6-9H,3-5,12-18H2,1-2H3. The second kappa shape index (κ2) is 7.00. The van der Waals surface area contributed by atoms with Crippen molar-refractivity contribution in [3.63, 3.8) is 0 Å². The Morgan fingerprint density at radius 1 is 0.957 bits per heavy atom. The highest BCUT2D eigenvalue weighted by molar-refractivity contribution is 5.39. The number of hydrogen-bond acceptors (Lipinski definition) is 1. The van der Waals surface area contributed by atoms with Gasteiger partial charge in [-0.05, 0) is 74.6 Å². The SMILES string of the molecule is CCCCOc1ccc(C#CC23CCC(CC)(CC2)CC3)cc1. The van der Waals surface area contributed by atoms with Crippen molar-refractivity contribution in [3.05, 3.63) is 29.8 Å². The van der Waals surface area contributed by atoms with Crippen LogP contribution in [0, 0.1) is 22.7 Å². The maximum atomic E-state index is 5.72. The third-order valence-electron chi connectivity index (χ3n) is 6.24. The molecule has 0 aromatic heterocycles.